The zero-order chi connectivity index (χ0) is 7.52. The van der Waals surface area contributed by atoms with Crippen LogP contribution < -0.4 is 5.32 Å². The van der Waals surface area contributed by atoms with Crippen molar-refractivity contribution in [2.45, 2.75) is 19.3 Å². The van der Waals surface area contributed by atoms with E-state index in [2.05, 4.69) is 23.5 Å². The highest BCUT2D eigenvalue weighted by atomic mass is 14.9. The van der Waals surface area contributed by atoms with Crippen LogP contribution in [0.15, 0.2) is 23.8 Å². The van der Waals surface area contributed by atoms with Crippen molar-refractivity contribution in [2.75, 3.05) is 13.1 Å². The largest absolute Gasteiger partial charge is 0.316 e. The third-order valence-electron chi connectivity index (χ3n) is 2.56. The second kappa shape index (κ2) is 3.22. The Hall–Kier alpha value is -0.560. The molecule has 0 aromatic rings. The van der Waals surface area contributed by atoms with Gasteiger partial charge in [0.2, 0.25) is 0 Å². The summed E-state index contributed by atoms with van der Waals surface area (Å²) in [5.41, 5.74) is 1.57. The molecule has 0 spiro atoms. The summed E-state index contributed by atoms with van der Waals surface area (Å²) in [4.78, 5) is 0. The highest BCUT2D eigenvalue weighted by Crippen LogP contribution is 2.22. The normalized spacial score (nSPS) is 30.5. The number of nitrogens with one attached hydrogen (secondary N) is 1. The minimum absolute atomic E-state index is 0.812. The van der Waals surface area contributed by atoms with Crippen molar-refractivity contribution in [1.29, 1.82) is 0 Å². The van der Waals surface area contributed by atoms with Crippen molar-refractivity contribution in [1.82, 2.24) is 5.32 Å². The van der Waals surface area contributed by atoms with Gasteiger partial charge in [-0.1, -0.05) is 18.2 Å². The average molecular weight is 149 g/mol. The van der Waals surface area contributed by atoms with Gasteiger partial charge < -0.3 is 5.32 Å². The molecule has 1 saturated heterocycles. The monoisotopic (exact) mass is 149 g/mol. The highest BCUT2D eigenvalue weighted by molar-refractivity contribution is 5.25. The van der Waals surface area contributed by atoms with E-state index in [-0.39, 0.29) is 0 Å². The van der Waals surface area contributed by atoms with E-state index in [9.17, 15) is 0 Å². The molecular formula is C10H15N. The first-order chi connectivity index (χ1) is 5.47. The summed E-state index contributed by atoms with van der Waals surface area (Å²) >= 11 is 0. The first-order valence-electron chi connectivity index (χ1n) is 4.54. The van der Waals surface area contributed by atoms with Crippen LogP contribution in [0, 0.1) is 5.92 Å². The molecule has 1 aliphatic heterocycles. The second-order valence-corrected chi connectivity index (χ2v) is 3.37. The van der Waals surface area contributed by atoms with Crippen molar-refractivity contribution >= 4 is 0 Å². The number of allylic oxidation sites excluding steroid dienone is 3. The van der Waals surface area contributed by atoms with Crippen LogP contribution in [0.1, 0.15) is 19.3 Å². The molecular weight excluding hydrogens is 134 g/mol. The third-order valence-corrected chi connectivity index (χ3v) is 2.56. The molecule has 0 saturated carbocycles. The van der Waals surface area contributed by atoms with Crippen LogP contribution >= 0.6 is 0 Å². The summed E-state index contributed by atoms with van der Waals surface area (Å²) in [6, 6.07) is 0. The van der Waals surface area contributed by atoms with Crippen molar-refractivity contribution in [3.63, 3.8) is 0 Å². The lowest BCUT2D eigenvalue weighted by Gasteiger charge is -2.12. The van der Waals surface area contributed by atoms with Gasteiger partial charge in [0.25, 0.3) is 0 Å². The van der Waals surface area contributed by atoms with E-state index in [4.69, 9.17) is 0 Å². The average Bonchev–Trinajstić information content (AvgIpc) is 2.58. The van der Waals surface area contributed by atoms with Crippen molar-refractivity contribution in [3.05, 3.63) is 23.8 Å². The molecule has 1 unspecified atom stereocenters. The third kappa shape index (κ3) is 1.54. The molecule has 0 aromatic heterocycles. The van der Waals surface area contributed by atoms with E-state index in [0.717, 1.165) is 5.92 Å². The lowest BCUT2D eigenvalue weighted by molar-refractivity contribution is 0.688. The molecule has 0 bridgehead atoms. The summed E-state index contributed by atoms with van der Waals surface area (Å²) in [7, 11) is 0. The van der Waals surface area contributed by atoms with Gasteiger partial charge in [-0.25, -0.2) is 0 Å². The molecule has 1 heterocycles. The Morgan fingerprint density at radius 1 is 1.36 bits per heavy atom. The maximum atomic E-state index is 3.39. The molecule has 0 amide bonds. The predicted molar refractivity (Wildman–Crippen MR) is 47.4 cm³/mol. The van der Waals surface area contributed by atoms with Gasteiger partial charge in [0, 0.05) is 6.54 Å². The molecule has 1 atom stereocenters. The van der Waals surface area contributed by atoms with Crippen LogP contribution in [0.4, 0.5) is 0 Å². The van der Waals surface area contributed by atoms with E-state index in [1.54, 1.807) is 5.57 Å². The first-order valence-corrected chi connectivity index (χ1v) is 4.54. The van der Waals surface area contributed by atoms with Crippen LogP contribution in [0.2, 0.25) is 0 Å². The Morgan fingerprint density at radius 2 is 2.36 bits per heavy atom. The quantitative estimate of drug-likeness (QED) is 0.600. The topological polar surface area (TPSA) is 12.0 Å². The Bertz CT molecular complexity index is 185. The van der Waals surface area contributed by atoms with Gasteiger partial charge in [-0.3, -0.25) is 0 Å². The van der Waals surface area contributed by atoms with E-state index in [0.29, 0.717) is 0 Å². The second-order valence-electron chi connectivity index (χ2n) is 3.37. The van der Waals surface area contributed by atoms with Crippen LogP contribution in [0.5, 0.6) is 0 Å². The van der Waals surface area contributed by atoms with Gasteiger partial charge in [0.05, 0.1) is 0 Å². The minimum Gasteiger partial charge on any atom is -0.316 e. The zero-order valence-corrected chi connectivity index (χ0v) is 6.84. The molecule has 1 aliphatic carbocycles. The maximum Gasteiger partial charge on any atom is 0.00205 e. The Kier molecular flexibility index (Phi) is 2.08. The fraction of sp³-hybridized carbons (Fsp3) is 0.600. The van der Waals surface area contributed by atoms with E-state index < -0.39 is 0 Å². The first kappa shape index (κ1) is 7.11. The lowest BCUT2D eigenvalue weighted by atomic mass is 9.94. The van der Waals surface area contributed by atoms with E-state index >= 15 is 0 Å². The number of hydrogen-bond donors (Lipinski definition) is 1. The minimum atomic E-state index is 0.812. The van der Waals surface area contributed by atoms with Crippen LogP contribution in [0.3, 0.4) is 0 Å². The molecule has 1 N–H and O–H groups in total. The zero-order valence-electron chi connectivity index (χ0n) is 6.84. The summed E-state index contributed by atoms with van der Waals surface area (Å²) in [6.07, 6.45) is 10.8. The van der Waals surface area contributed by atoms with Gasteiger partial charge >= 0.3 is 0 Å². The molecule has 0 radical (unpaired) electrons. The molecule has 1 fully saturated rings. The predicted octanol–water partition coefficient (Wildman–Crippen LogP) is 1.87. The lowest BCUT2D eigenvalue weighted by Crippen LogP contribution is -2.10. The molecule has 11 heavy (non-hydrogen) atoms. The number of rotatable bonds is 1. The molecule has 2 rings (SSSR count). The molecule has 0 aromatic carbocycles. The molecule has 1 nitrogen and oxygen atoms in total. The van der Waals surface area contributed by atoms with Gasteiger partial charge in [0.15, 0.2) is 0 Å². The Balaban J connectivity index is 2.02. The van der Waals surface area contributed by atoms with Crippen molar-refractivity contribution < 1.29 is 0 Å². The summed E-state index contributed by atoms with van der Waals surface area (Å²) in [5, 5.41) is 3.39. The van der Waals surface area contributed by atoms with Crippen LogP contribution in [-0.4, -0.2) is 13.1 Å². The van der Waals surface area contributed by atoms with Gasteiger partial charge in [-0.15, -0.1) is 0 Å². The summed E-state index contributed by atoms with van der Waals surface area (Å²) in [5.74, 6) is 0.812. The standard InChI is InChI=1S/C10H15N/c1-2-4-9(5-3-1)10-6-7-11-8-10/h2,4-5,10-11H,1,3,6-8H2. The molecule has 60 valence electrons. The van der Waals surface area contributed by atoms with Crippen LogP contribution in [0.25, 0.3) is 0 Å². The maximum absolute atomic E-state index is 3.39. The van der Waals surface area contributed by atoms with Gasteiger partial charge in [-0.2, -0.15) is 0 Å². The fourth-order valence-electron chi connectivity index (χ4n) is 1.88. The highest BCUT2D eigenvalue weighted by Gasteiger charge is 2.17. The van der Waals surface area contributed by atoms with Gasteiger partial charge in [-0.05, 0) is 37.3 Å². The van der Waals surface area contributed by atoms with E-state index in [1.165, 1.54) is 32.4 Å². The summed E-state index contributed by atoms with van der Waals surface area (Å²) < 4.78 is 0. The van der Waals surface area contributed by atoms with Crippen LogP contribution in [-0.2, 0) is 0 Å². The number of hydrogen-bond acceptors (Lipinski definition) is 1. The SMILES string of the molecule is C1=CC(C2CCNC2)=CCC1. The molecule has 2 aliphatic rings. The van der Waals surface area contributed by atoms with Gasteiger partial charge in [0.1, 0.15) is 0 Å². The van der Waals surface area contributed by atoms with Crippen molar-refractivity contribution in [2.24, 2.45) is 5.92 Å². The van der Waals surface area contributed by atoms with Crippen molar-refractivity contribution in [3.8, 4) is 0 Å². The smallest absolute Gasteiger partial charge is 0.00205 e. The Morgan fingerprint density at radius 3 is 3.00 bits per heavy atom. The van der Waals surface area contributed by atoms with E-state index in [1.807, 2.05) is 0 Å². The fourth-order valence-corrected chi connectivity index (χ4v) is 1.88. The Labute approximate surface area is 68.2 Å². The summed E-state index contributed by atoms with van der Waals surface area (Å²) in [6.45, 7) is 2.39. The molecule has 1 heteroatoms.